The lowest BCUT2D eigenvalue weighted by atomic mass is 9.91. The average molecular weight is 406 g/mol. The molecule has 154 valence electrons. The van der Waals surface area contributed by atoms with E-state index in [1.54, 1.807) is 81.2 Å². The molecule has 0 saturated carbocycles. The Hall–Kier alpha value is -3.58. The summed E-state index contributed by atoms with van der Waals surface area (Å²) in [5, 5.41) is 11.9. The van der Waals surface area contributed by atoms with E-state index >= 15 is 0 Å². The van der Waals surface area contributed by atoms with Gasteiger partial charge in [-0.15, -0.1) is 0 Å². The highest BCUT2D eigenvalue weighted by atomic mass is 16.6. The van der Waals surface area contributed by atoms with Crippen molar-refractivity contribution in [1.82, 2.24) is 9.88 Å². The molecule has 1 fully saturated rings. The zero-order valence-electron chi connectivity index (χ0n) is 16.7. The Balaban J connectivity index is 1.79. The molecule has 0 aliphatic carbocycles. The van der Waals surface area contributed by atoms with Crippen LogP contribution in [0.2, 0.25) is 0 Å². The largest absolute Gasteiger partial charge is 0.497 e. The molecule has 30 heavy (non-hydrogen) atoms. The van der Waals surface area contributed by atoms with Gasteiger partial charge in [-0.1, -0.05) is 30.3 Å². The molecule has 7 heteroatoms. The second kappa shape index (κ2) is 8.04. The molecule has 3 aromatic rings. The quantitative estimate of drug-likeness (QED) is 0.673. The van der Waals surface area contributed by atoms with Crippen molar-refractivity contribution in [2.45, 2.75) is 18.4 Å². The minimum Gasteiger partial charge on any atom is -0.497 e. The molecule has 0 spiro atoms. The normalized spacial score (nSPS) is 20.7. The summed E-state index contributed by atoms with van der Waals surface area (Å²) in [6.45, 7) is 0.141. The Labute approximate surface area is 174 Å². The van der Waals surface area contributed by atoms with Crippen molar-refractivity contribution in [2.75, 3.05) is 14.2 Å². The molecular weight excluding hydrogens is 384 g/mol. The zero-order valence-corrected chi connectivity index (χ0v) is 16.7. The maximum Gasteiger partial charge on any atom is 0.413 e. The lowest BCUT2D eigenvalue weighted by Crippen LogP contribution is -2.45. The van der Waals surface area contributed by atoms with Crippen LogP contribution in [0.15, 0.2) is 73.1 Å². The van der Waals surface area contributed by atoms with Crippen LogP contribution in [0.1, 0.15) is 22.8 Å². The SMILES string of the molecule is COc1ccc(C2OC(=O)N(Cc3cccnc3)C2(O)c2ccc(OC)cc2)cc1. The third kappa shape index (κ3) is 3.44. The highest BCUT2D eigenvalue weighted by molar-refractivity contribution is 5.72. The summed E-state index contributed by atoms with van der Waals surface area (Å²) < 4.78 is 16.1. The third-order valence-corrected chi connectivity index (χ3v) is 5.21. The summed E-state index contributed by atoms with van der Waals surface area (Å²) in [6.07, 6.45) is 1.77. The van der Waals surface area contributed by atoms with Gasteiger partial charge in [0.1, 0.15) is 11.5 Å². The number of hydrogen-bond donors (Lipinski definition) is 1. The summed E-state index contributed by atoms with van der Waals surface area (Å²) in [4.78, 5) is 18.3. The summed E-state index contributed by atoms with van der Waals surface area (Å²) in [6, 6.07) is 17.6. The predicted molar refractivity (Wildman–Crippen MR) is 109 cm³/mol. The van der Waals surface area contributed by atoms with Gasteiger partial charge in [-0.2, -0.15) is 0 Å². The van der Waals surface area contributed by atoms with Gasteiger partial charge in [0.2, 0.25) is 5.72 Å². The van der Waals surface area contributed by atoms with Crippen LogP contribution in [-0.2, 0) is 17.0 Å². The van der Waals surface area contributed by atoms with Crippen LogP contribution in [0.25, 0.3) is 0 Å². The summed E-state index contributed by atoms with van der Waals surface area (Å²) in [7, 11) is 3.15. The first-order chi connectivity index (χ1) is 14.6. The number of methoxy groups -OCH3 is 2. The van der Waals surface area contributed by atoms with Gasteiger partial charge in [0, 0.05) is 18.0 Å². The second-order valence-corrected chi connectivity index (χ2v) is 6.94. The Kier molecular flexibility index (Phi) is 5.29. The van der Waals surface area contributed by atoms with Gasteiger partial charge in [0.25, 0.3) is 0 Å². The summed E-state index contributed by atoms with van der Waals surface area (Å²) >= 11 is 0. The summed E-state index contributed by atoms with van der Waals surface area (Å²) in [5.74, 6) is 1.32. The maximum absolute atomic E-state index is 12.9. The van der Waals surface area contributed by atoms with Gasteiger partial charge in [-0.3, -0.25) is 9.88 Å². The number of amides is 1. The van der Waals surface area contributed by atoms with E-state index in [2.05, 4.69) is 4.98 Å². The monoisotopic (exact) mass is 406 g/mol. The minimum atomic E-state index is -1.73. The van der Waals surface area contributed by atoms with Crippen molar-refractivity contribution < 1.29 is 24.1 Å². The number of ether oxygens (including phenoxy) is 3. The number of nitrogens with zero attached hydrogens (tertiary/aromatic N) is 2. The van der Waals surface area contributed by atoms with Crippen molar-refractivity contribution in [3.05, 3.63) is 89.7 Å². The van der Waals surface area contributed by atoms with E-state index in [1.165, 1.54) is 4.90 Å². The van der Waals surface area contributed by atoms with Gasteiger partial charge >= 0.3 is 6.09 Å². The van der Waals surface area contributed by atoms with Crippen LogP contribution in [0.5, 0.6) is 11.5 Å². The number of pyridine rings is 1. The molecule has 1 saturated heterocycles. The lowest BCUT2D eigenvalue weighted by Gasteiger charge is -2.34. The first-order valence-electron chi connectivity index (χ1n) is 9.44. The van der Waals surface area contributed by atoms with E-state index in [1.807, 2.05) is 6.07 Å². The molecule has 2 aromatic carbocycles. The molecule has 1 aliphatic heterocycles. The van der Waals surface area contributed by atoms with Gasteiger partial charge in [0.05, 0.1) is 20.8 Å². The second-order valence-electron chi connectivity index (χ2n) is 6.94. The molecular formula is C23H22N2O5. The van der Waals surface area contributed by atoms with E-state index in [4.69, 9.17) is 14.2 Å². The van der Waals surface area contributed by atoms with E-state index in [0.29, 0.717) is 22.6 Å². The van der Waals surface area contributed by atoms with Crippen LogP contribution in [0.4, 0.5) is 4.79 Å². The molecule has 1 N–H and O–H groups in total. The van der Waals surface area contributed by atoms with Gasteiger partial charge in [-0.25, -0.2) is 4.79 Å². The molecule has 1 amide bonds. The van der Waals surface area contributed by atoms with E-state index < -0.39 is 17.9 Å². The van der Waals surface area contributed by atoms with Crippen LogP contribution >= 0.6 is 0 Å². The molecule has 1 aliphatic rings. The van der Waals surface area contributed by atoms with Crippen molar-refractivity contribution >= 4 is 6.09 Å². The van der Waals surface area contributed by atoms with Gasteiger partial charge in [0.15, 0.2) is 6.10 Å². The molecule has 0 radical (unpaired) electrons. The Morgan fingerprint density at radius 1 is 1.03 bits per heavy atom. The van der Waals surface area contributed by atoms with Crippen LogP contribution in [0, 0.1) is 0 Å². The van der Waals surface area contributed by atoms with Crippen molar-refractivity contribution in [3.63, 3.8) is 0 Å². The molecule has 2 unspecified atom stereocenters. The molecule has 1 aromatic heterocycles. The number of carbonyl (C=O) groups is 1. The van der Waals surface area contributed by atoms with Crippen LogP contribution < -0.4 is 9.47 Å². The van der Waals surface area contributed by atoms with E-state index in [0.717, 1.165) is 5.56 Å². The van der Waals surface area contributed by atoms with Crippen molar-refractivity contribution in [3.8, 4) is 11.5 Å². The number of hydrogen-bond acceptors (Lipinski definition) is 6. The third-order valence-electron chi connectivity index (χ3n) is 5.21. The maximum atomic E-state index is 12.9. The van der Waals surface area contributed by atoms with Gasteiger partial charge in [-0.05, 0) is 41.5 Å². The first-order valence-corrected chi connectivity index (χ1v) is 9.44. The smallest absolute Gasteiger partial charge is 0.413 e. The fraction of sp³-hybridized carbons (Fsp3) is 0.217. The van der Waals surface area contributed by atoms with Crippen LogP contribution in [0.3, 0.4) is 0 Å². The first kappa shape index (κ1) is 19.7. The van der Waals surface area contributed by atoms with E-state index in [9.17, 15) is 9.90 Å². The van der Waals surface area contributed by atoms with Gasteiger partial charge < -0.3 is 19.3 Å². The van der Waals surface area contributed by atoms with Crippen LogP contribution in [-0.4, -0.2) is 35.3 Å². The molecule has 2 heterocycles. The summed E-state index contributed by atoms with van der Waals surface area (Å²) in [5.41, 5.74) is 0.208. The number of carbonyl (C=O) groups excluding carboxylic acids is 1. The number of aromatic nitrogens is 1. The fourth-order valence-electron chi connectivity index (χ4n) is 3.61. The highest BCUT2D eigenvalue weighted by Crippen LogP contribution is 2.47. The highest BCUT2D eigenvalue weighted by Gasteiger charge is 2.56. The predicted octanol–water partition coefficient (Wildman–Crippen LogP) is 3.64. The molecule has 0 bridgehead atoms. The lowest BCUT2D eigenvalue weighted by molar-refractivity contribution is -0.113. The topological polar surface area (TPSA) is 81.1 Å². The van der Waals surface area contributed by atoms with Crippen molar-refractivity contribution in [1.29, 1.82) is 0 Å². The zero-order chi connectivity index (χ0) is 21.1. The number of rotatable bonds is 6. The molecule has 4 rings (SSSR count). The average Bonchev–Trinajstić information content (AvgIpc) is 3.06. The standard InChI is InChI=1S/C23H22N2O5/c1-28-19-9-5-17(6-10-19)21-23(27,18-7-11-20(29-2)12-8-18)25(22(26)30-21)15-16-4-3-13-24-14-16/h3-14,21,27H,15H2,1-2H3. The number of cyclic esters (lactones) is 1. The number of aliphatic hydroxyl groups is 1. The Morgan fingerprint density at radius 3 is 2.23 bits per heavy atom. The Morgan fingerprint density at radius 2 is 1.67 bits per heavy atom. The Bertz CT molecular complexity index is 1010. The molecule has 2 atom stereocenters. The van der Waals surface area contributed by atoms with E-state index in [-0.39, 0.29) is 6.54 Å². The number of benzene rings is 2. The fourth-order valence-corrected chi connectivity index (χ4v) is 3.61. The molecule has 7 nitrogen and oxygen atoms in total. The minimum absolute atomic E-state index is 0.141. The van der Waals surface area contributed by atoms with Crippen molar-refractivity contribution in [2.24, 2.45) is 0 Å².